The fourth-order valence-corrected chi connectivity index (χ4v) is 2.03. The van der Waals surface area contributed by atoms with Crippen LogP contribution in [0.15, 0.2) is 24.3 Å². The summed E-state index contributed by atoms with van der Waals surface area (Å²) >= 11 is 0. The number of rotatable bonds is 0. The number of hydrogen-bond donors (Lipinski definition) is 1. The molecule has 0 fully saturated rings. The van der Waals surface area contributed by atoms with Crippen LogP contribution in [0.25, 0.3) is 11.0 Å². The molecule has 3 heteroatoms. The molecule has 1 aliphatic heterocycles. The zero-order valence-electron chi connectivity index (χ0n) is 8.03. The van der Waals surface area contributed by atoms with Crippen LogP contribution in [-0.4, -0.2) is 16.1 Å². The Labute approximate surface area is 82.8 Å². The maximum atomic E-state index is 4.57. The predicted molar refractivity (Wildman–Crippen MR) is 57.5 cm³/mol. The summed E-state index contributed by atoms with van der Waals surface area (Å²) in [6.07, 6.45) is 2.47. The van der Waals surface area contributed by atoms with Crippen molar-refractivity contribution >= 4 is 17.0 Å². The van der Waals surface area contributed by atoms with Crippen molar-refractivity contribution in [2.75, 3.05) is 11.9 Å². The van der Waals surface area contributed by atoms with Crippen LogP contribution in [0.5, 0.6) is 0 Å². The van der Waals surface area contributed by atoms with Crippen LogP contribution in [0.2, 0.25) is 0 Å². The van der Waals surface area contributed by atoms with Crippen molar-refractivity contribution in [2.45, 2.75) is 19.4 Å². The van der Waals surface area contributed by atoms with Crippen molar-refractivity contribution in [3.05, 3.63) is 24.3 Å². The van der Waals surface area contributed by atoms with Crippen molar-refractivity contribution in [1.29, 1.82) is 0 Å². The summed E-state index contributed by atoms with van der Waals surface area (Å²) in [5.41, 5.74) is 2.34. The first-order valence-corrected chi connectivity index (χ1v) is 5.14. The third-order valence-corrected chi connectivity index (χ3v) is 2.75. The zero-order valence-corrected chi connectivity index (χ0v) is 8.03. The Morgan fingerprint density at radius 1 is 1.21 bits per heavy atom. The molecule has 1 N–H and O–H groups in total. The minimum atomic E-state index is 1.03. The summed E-state index contributed by atoms with van der Waals surface area (Å²) in [7, 11) is 0. The van der Waals surface area contributed by atoms with E-state index >= 15 is 0 Å². The Balaban J connectivity index is 2.24. The second kappa shape index (κ2) is 3.01. The highest BCUT2D eigenvalue weighted by Gasteiger charge is 2.11. The van der Waals surface area contributed by atoms with E-state index in [9.17, 15) is 0 Å². The number of nitrogens with one attached hydrogen (secondary N) is 1. The highest BCUT2D eigenvalue weighted by Crippen LogP contribution is 2.21. The van der Waals surface area contributed by atoms with Gasteiger partial charge in [-0.25, -0.2) is 4.98 Å². The average Bonchev–Trinajstić information content (AvgIpc) is 2.42. The molecule has 72 valence electrons. The lowest BCUT2D eigenvalue weighted by atomic mass is 10.3. The van der Waals surface area contributed by atoms with Crippen LogP contribution in [0, 0.1) is 0 Å². The molecule has 0 unspecified atom stereocenters. The summed E-state index contributed by atoms with van der Waals surface area (Å²) in [4.78, 5) is 4.57. The first-order valence-electron chi connectivity index (χ1n) is 5.14. The predicted octanol–water partition coefficient (Wildman–Crippen LogP) is 2.24. The van der Waals surface area contributed by atoms with E-state index in [0.29, 0.717) is 0 Å². The lowest BCUT2D eigenvalue weighted by Crippen LogP contribution is -2.02. The molecule has 2 aromatic rings. The normalized spacial score (nSPS) is 16.0. The van der Waals surface area contributed by atoms with E-state index in [1.165, 1.54) is 18.4 Å². The van der Waals surface area contributed by atoms with E-state index in [4.69, 9.17) is 0 Å². The highest BCUT2D eigenvalue weighted by molar-refractivity contribution is 5.78. The average molecular weight is 187 g/mol. The van der Waals surface area contributed by atoms with Crippen LogP contribution in [0.1, 0.15) is 12.8 Å². The number of fused-ring (bicyclic) bond motifs is 3. The van der Waals surface area contributed by atoms with Gasteiger partial charge in [0.1, 0.15) is 0 Å². The molecule has 0 atom stereocenters. The number of para-hydroxylation sites is 2. The molecular formula is C11H13N3. The van der Waals surface area contributed by atoms with E-state index < -0.39 is 0 Å². The number of aromatic nitrogens is 2. The number of anilines is 1. The van der Waals surface area contributed by atoms with E-state index in [0.717, 1.165) is 24.6 Å². The fraction of sp³-hybridized carbons (Fsp3) is 0.364. The first kappa shape index (κ1) is 7.85. The molecule has 3 rings (SSSR count). The Hall–Kier alpha value is -1.51. The van der Waals surface area contributed by atoms with Gasteiger partial charge >= 0.3 is 0 Å². The van der Waals surface area contributed by atoms with E-state index in [1.54, 1.807) is 0 Å². The number of imidazole rings is 1. The summed E-state index contributed by atoms with van der Waals surface area (Å²) < 4.78 is 2.28. The van der Waals surface area contributed by atoms with Gasteiger partial charge < -0.3 is 9.88 Å². The monoisotopic (exact) mass is 187 g/mol. The van der Waals surface area contributed by atoms with Gasteiger partial charge in [-0.15, -0.1) is 0 Å². The van der Waals surface area contributed by atoms with Gasteiger partial charge in [-0.3, -0.25) is 0 Å². The summed E-state index contributed by atoms with van der Waals surface area (Å²) in [5, 5.41) is 3.37. The third-order valence-electron chi connectivity index (χ3n) is 2.75. The molecule has 0 amide bonds. The lowest BCUT2D eigenvalue weighted by molar-refractivity contribution is 0.670. The molecule has 0 aliphatic carbocycles. The third kappa shape index (κ3) is 1.09. The molecule has 0 spiro atoms. The second-order valence-corrected chi connectivity index (χ2v) is 3.71. The van der Waals surface area contributed by atoms with Crippen molar-refractivity contribution < 1.29 is 0 Å². The fourth-order valence-electron chi connectivity index (χ4n) is 2.03. The quantitative estimate of drug-likeness (QED) is 0.685. The van der Waals surface area contributed by atoms with Gasteiger partial charge in [0.25, 0.3) is 0 Å². The number of nitrogens with zero attached hydrogens (tertiary/aromatic N) is 2. The largest absolute Gasteiger partial charge is 0.356 e. The van der Waals surface area contributed by atoms with Crippen molar-refractivity contribution in [3.63, 3.8) is 0 Å². The Morgan fingerprint density at radius 3 is 3.14 bits per heavy atom. The highest BCUT2D eigenvalue weighted by atomic mass is 15.2. The Morgan fingerprint density at radius 2 is 2.14 bits per heavy atom. The maximum Gasteiger partial charge on any atom is 0.203 e. The summed E-state index contributed by atoms with van der Waals surface area (Å²) in [6.45, 7) is 2.13. The van der Waals surface area contributed by atoms with E-state index in [1.807, 2.05) is 6.07 Å². The molecule has 1 aliphatic rings. The molecular weight excluding hydrogens is 174 g/mol. The van der Waals surface area contributed by atoms with Gasteiger partial charge in [-0.1, -0.05) is 12.1 Å². The van der Waals surface area contributed by atoms with Crippen molar-refractivity contribution in [1.82, 2.24) is 9.55 Å². The van der Waals surface area contributed by atoms with Gasteiger partial charge in [0.15, 0.2) is 0 Å². The van der Waals surface area contributed by atoms with Crippen LogP contribution >= 0.6 is 0 Å². The molecule has 2 heterocycles. The first-order chi connectivity index (χ1) is 6.95. The van der Waals surface area contributed by atoms with Crippen molar-refractivity contribution in [3.8, 4) is 0 Å². The molecule has 0 bridgehead atoms. The van der Waals surface area contributed by atoms with Crippen LogP contribution in [0.3, 0.4) is 0 Å². The van der Waals surface area contributed by atoms with Gasteiger partial charge in [-0.2, -0.15) is 0 Å². The van der Waals surface area contributed by atoms with Gasteiger partial charge in [-0.05, 0) is 25.0 Å². The van der Waals surface area contributed by atoms with Gasteiger partial charge in [0.05, 0.1) is 11.0 Å². The molecule has 14 heavy (non-hydrogen) atoms. The van der Waals surface area contributed by atoms with Crippen LogP contribution < -0.4 is 5.32 Å². The van der Waals surface area contributed by atoms with Gasteiger partial charge in [0, 0.05) is 13.1 Å². The van der Waals surface area contributed by atoms with E-state index in [-0.39, 0.29) is 0 Å². The summed E-state index contributed by atoms with van der Waals surface area (Å²) in [5.74, 6) is 1.03. The SMILES string of the molecule is c1ccc2c(c1)nc1n2CCCCN1. The maximum absolute atomic E-state index is 4.57. The molecule has 0 saturated carbocycles. The van der Waals surface area contributed by atoms with Crippen LogP contribution in [0.4, 0.5) is 5.95 Å². The zero-order chi connectivity index (χ0) is 9.38. The van der Waals surface area contributed by atoms with Crippen molar-refractivity contribution in [2.24, 2.45) is 0 Å². The number of hydrogen-bond acceptors (Lipinski definition) is 2. The molecule has 3 nitrogen and oxygen atoms in total. The Kier molecular flexibility index (Phi) is 1.69. The van der Waals surface area contributed by atoms with E-state index in [2.05, 4.69) is 33.1 Å². The Bertz CT molecular complexity index is 459. The topological polar surface area (TPSA) is 29.9 Å². The van der Waals surface area contributed by atoms with Crippen LogP contribution in [-0.2, 0) is 6.54 Å². The molecule has 1 aromatic heterocycles. The molecule has 0 saturated heterocycles. The van der Waals surface area contributed by atoms with Gasteiger partial charge in [0.2, 0.25) is 5.95 Å². The minimum Gasteiger partial charge on any atom is -0.356 e. The summed E-state index contributed by atoms with van der Waals surface area (Å²) in [6, 6.07) is 8.31. The molecule has 1 aromatic carbocycles. The number of aryl methyl sites for hydroxylation is 1. The second-order valence-electron chi connectivity index (χ2n) is 3.71. The lowest BCUT2D eigenvalue weighted by Gasteiger charge is -2.03. The number of benzene rings is 1. The minimum absolute atomic E-state index is 1.03. The molecule has 0 radical (unpaired) electrons. The standard InChI is InChI=1S/C11H13N3/c1-2-6-10-9(5-1)13-11-12-7-3-4-8-14(10)11/h1-2,5-6H,3-4,7-8H2,(H,12,13). The smallest absolute Gasteiger partial charge is 0.203 e.